The van der Waals surface area contributed by atoms with Gasteiger partial charge in [0.05, 0.1) is 5.41 Å². The Labute approximate surface area is 118 Å². The minimum atomic E-state index is -1.03. The third-order valence-corrected chi connectivity index (χ3v) is 3.58. The fraction of sp³-hybridized carbons (Fsp3) is 0.467. The molecule has 5 heteroatoms. The molecule has 1 aromatic rings. The summed E-state index contributed by atoms with van der Waals surface area (Å²) < 4.78 is 0. The Morgan fingerprint density at radius 2 is 2.05 bits per heavy atom. The van der Waals surface area contributed by atoms with Crippen molar-refractivity contribution in [3.05, 3.63) is 29.8 Å². The maximum absolute atomic E-state index is 12.1. The van der Waals surface area contributed by atoms with Crippen molar-refractivity contribution in [1.29, 1.82) is 0 Å². The molecule has 0 bridgehead atoms. The number of carbonyl (C=O) groups is 2. The molecular formula is C15H20N2O3. The van der Waals surface area contributed by atoms with Crippen LogP contribution in [-0.2, 0) is 16.0 Å². The number of rotatable bonds is 5. The van der Waals surface area contributed by atoms with Crippen LogP contribution >= 0.6 is 0 Å². The summed E-state index contributed by atoms with van der Waals surface area (Å²) in [5, 5.41) is 11.1. The number of para-hydroxylation sites is 1. The number of hydrogen-bond donors (Lipinski definition) is 2. The van der Waals surface area contributed by atoms with Gasteiger partial charge in [-0.1, -0.05) is 18.2 Å². The van der Waals surface area contributed by atoms with Crippen molar-refractivity contribution in [1.82, 2.24) is 5.32 Å². The van der Waals surface area contributed by atoms with Crippen molar-refractivity contribution in [3.8, 4) is 0 Å². The highest BCUT2D eigenvalue weighted by Crippen LogP contribution is 2.30. The van der Waals surface area contributed by atoms with Crippen LogP contribution in [-0.4, -0.2) is 36.6 Å². The zero-order valence-corrected chi connectivity index (χ0v) is 11.8. The van der Waals surface area contributed by atoms with Gasteiger partial charge in [-0.15, -0.1) is 0 Å². The Hall–Kier alpha value is -2.04. The molecule has 0 spiro atoms. The summed E-state index contributed by atoms with van der Waals surface area (Å²) in [5.41, 5.74) is 1.84. The minimum absolute atomic E-state index is 0.232. The molecule has 2 N–H and O–H groups in total. The largest absolute Gasteiger partial charge is 0.480 e. The Bertz CT molecular complexity index is 526. The van der Waals surface area contributed by atoms with E-state index in [2.05, 4.69) is 22.3 Å². The SMILES string of the molecule is CC(C)(CN1CCc2ccccc21)C(=O)NCC(=O)O. The molecule has 0 fully saturated rings. The highest BCUT2D eigenvalue weighted by atomic mass is 16.4. The lowest BCUT2D eigenvalue weighted by Gasteiger charge is -2.30. The topological polar surface area (TPSA) is 69.6 Å². The van der Waals surface area contributed by atoms with Gasteiger partial charge >= 0.3 is 5.97 Å². The van der Waals surface area contributed by atoms with Gasteiger partial charge < -0.3 is 15.3 Å². The van der Waals surface area contributed by atoms with Crippen LogP contribution < -0.4 is 10.2 Å². The summed E-state index contributed by atoms with van der Waals surface area (Å²) in [6, 6.07) is 8.18. The molecule has 0 saturated carbocycles. The number of anilines is 1. The van der Waals surface area contributed by atoms with Crippen molar-refractivity contribution in [2.75, 3.05) is 24.5 Å². The number of aliphatic carboxylic acids is 1. The van der Waals surface area contributed by atoms with Gasteiger partial charge in [-0.3, -0.25) is 9.59 Å². The first-order valence-electron chi connectivity index (χ1n) is 6.73. The average Bonchev–Trinajstić information content (AvgIpc) is 2.79. The third-order valence-electron chi connectivity index (χ3n) is 3.58. The van der Waals surface area contributed by atoms with Crippen LogP contribution in [0.25, 0.3) is 0 Å². The molecule has 1 aliphatic rings. The highest BCUT2D eigenvalue weighted by molar-refractivity contribution is 5.85. The monoisotopic (exact) mass is 276 g/mol. The summed E-state index contributed by atoms with van der Waals surface area (Å²) in [7, 11) is 0. The number of amides is 1. The first-order valence-corrected chi connectivity index (χ1v) is 6.73. The minimum Gasteiger partial charge on any atom is -0.480 e. The summed E-state index contributed by atoms with van der Waals surface area (Å²) >= 11 is 0. The Balaban J connectivity index is 2.02. The molecule has 1 aromatic carbocycles. The molecule has 0 radical (unpaired) electrons. The van der Waals surface area contributed by atoms with E-state index < -0.39 is 11.4 Å². The maximum atomic E-state index is 12.1. The van der Waals surface area contributed by atoms with E-state index in [9.17, 15) is 9.59 Å². The Morgan fingerprint density at radius 1 is 1.35 bits per heavy atom. The predicted molar refractivity (Wildman–Crippen MR) is 76.8 cm³/mol. The fourth-order valence-electron chi connectivity index (χ4n) is 2.51. The summed E-state index contributed by atoms with van der Waals surface area (Å²) in [6.07, 6.45) is 0.989. The van der Waals surface area contributed by atoms with Crippen LogP contribution in [0.3, 0.4) is 0 Å². The summed E-state index contributed by atoms with van der Waals surface area (Å²) in [4.78, 5) is 24.8. The van der Waals surface area contributed by atoms with Gasteiger partial charge in [0.2, 0.25) is 5.91 Å². The van der Waals surface area contributed by atoms with Gasteiger partial charge in [0.15, 0.2) is 0 Å². The number of carboxylic acid groups (broad SMARTS) is 1. The smallest absolute Gasteiger partial charge is 0.322 e. The van der Waals surface area contributed by atoms with Crippen molar-refractivity contribution in [3.63, 3.8) is 0 Å². The molecule has 0 aromatic heterocycles. The van der Waals surface area contributed by atoms with Crippen molar-refractivity contribution in [2.45, 2.75) is 20.3 Å². The van der Waals surface area contributed by atoms with Crippen LogP contribution in [0.4, 0.5) is 5.69 Å². The predicted octanol–water partition coefficient (Wildman–Crippen LogP) is 1.28. The lowest BCUT2D eigenvalue weighted by molar-refractivity contribution is -0.139. The van der Waals surface area contributed by atoms with Gasteiger partial charge in [0.25, 0.3) is 0 Å². The quantitative estimate of drug-likeness (QED) is 0.850. The van der Waals surface area contributed by atoms with Crippen LogP contribution in [0, 0.1) is 5.41 Å². The fourth-order valence-corrected chi connectivity index (χ4v) is 2.51. The van der Waals surface area contributed by atoms with Gasteiger partial charge in [-0.2, -0.15) is 0 Å². The zero-order chi connectivity index (χ0) is 14.8. The van der Waals surface area contributed by atoms with E-state index in [0.29, 0.717) is 6.54 Å². The average molecular weight is 276 g/mol. The maximum Gasteiger partial charge on any atom is 0.322 e. The van der Waals surface area contributed by atoms with E-state index in [-0.39, 0.29) is 12.5 Å². The second-order valence-electron chi connectivity index (χ2n) is 5.76. The summed E-state index contributed by atoms with van der Waals surface area (Å²) in [6.45, 7) is 4.82. The van der Waals surface area contributed by atoms with Gasteiger partial charge in [-0.25, -0.2) is 0 Å². The van der Waals surface area contributed by atoms with E-state index in [1.54, 1.807) is 0 Å². The van der Waals surface area contributed by atoms with Gasteiger partial charge in [0.1, 0.15) is 6.54 Å². The molecule has 2 rings (SSSR count). The molecule has 108 valence electrons. The normalized spacial score (nSPS) is 14.0. The van der Waals surface area contributed by atoms with Gasteiger partial charge in [0, 0.05) is 18.8 Å². The molecule has 1 amide bonds. The lowest BCUT2D eigenvalue weighted by Crippen LogP contribution is -2.46. The molecule has 0 unspecified atom stereocenters. The lowest BCUT2D eigenvalue weighted by atomic mass is 9.91. The van der Waals surface area contributed by atoms with Crippen LogP contribution in [0.1, 0.15) is 19.4 Å². The summed E-state index contributed by atoms with van der Waals surface area (Å²) in [5.74, 6) is -1.26. The molecule has 0 aliphatic carbocycles. The van der Waals surface area contributed by atoms with Crippen LogP contribution in [0.5, 0.6) is 0 Å². The van der Waals surface area contributed by atoms with Crippen molar-refractivity contribution in [2.24, 2.45) is 5.41 Å². The number of benzene rings is 1. The molecular weight excluding hydrogens is 256 g/mol. The highest BCUT2D eigenvalue weighted by Gasteiger charge is 2.32. The number of carbonyl (C=O) groups excluding carboxylic acids is 1. The second-order valence-corrected chi connectivity index (χ2v) is 5.76. The van der Waals surface area contributed by atoms with E-state index in [1.807, 2.05) is 26.0 Å². The van der Waals surface area contributed by atoms with Crippen molar-refractivity contribution >= 4 is 17.6 Å². The number of nitrogens with zero attached hydrogens (tertiary/aromatic N) is 1. The zero-order valence-electron chi connectivity index (χ0n) is 11.8. The number of carboxylic acids is 1. The molecule has 5 nitrogen and oxygen atoms in total. The Morgan fingerprint density at radius 3 is 2.75 bits per heavy atom. The van der Waals surface area contributed by atoms with Crippen molar-refractivity contribution < 1.29 is 14.7 Å². The standard InChI is InChI=1S/C15H20N2O3/c1-15(2,14(20)16-9-13(18)19)10-17-8-7-11-5-3-4-6-12(11)17/h3-6H,7-10H2,1-2H3,(H,16,20)(H,18,19). The van der Waals surface area contributed by atoms with Gasteiger partial charge in [-0.05, 0) is 31.9 Å². The first-order chi connectivity index (χ1) is 9.40. The van der Waals surface area contributed by atoms with E-state index in [1.165, 1.54) is 11.3 Å². The number of fused-ring (bicyclic) bond motifs is 1. The molecule has 0 atom stereocenters. The van der Waals surface area contributed by atoms with Crippen LogP contribution in [0.15, 0.2) is 24.3 Å². The van der Waals surface area contributed by atoms with E-state index >= 15 is 0 Å². The third kappa shape index (κ3) is 3.10. The second kappa shape index (κ2) is 5.53. The molecule has 20 heavy (non-hydrogen) atoms. The molecule has 1 aliphatic heterocycles. The number of hydrogen-bond acceptors (Lipinski definition) is 3. The Kier molecular flexibility index (Phi) is 3.97. The molecule has 0 saturated heterocycles. The van der Waals surface area contributed by atoms with E-state index in [0.717, 1.165) is 13.0 Å². The molecule has 1 heterocycles. The first kappa shape index (κ1) is 14.4. The number of nitrogens with one attached hydrogen (secondary N) is 1. The van der Waals surface area contributed by atoms with Crippen LogP contribution in [0.2, 0.25) is 0 Å². The van der Waals surface area contributed by atoms with E-state index in [4.69, 9.17) is 5.11 Å².